The van der Waals surface area contributed by atoms with E-state index in [0.29, 0.717) is 0 Å². The van der Waals surface area contributed by atoms with Crippen LogP contribution in [0.25, 0.3) is 0 Å². The Bertz CT molecular complexity index is 978. The van der Waals surface area contributed by atoms with Gasteiger partial charge in [-0.05, 0) is 30.2 Å². The van der Waals surface area contributed by atoms with Gasteiger partial charge in [0.2, 0.25) is 5.91 Å². The summed E-state index contributed by atoms with van der Waals surface area (Å²) in [5.74, 6) is -0.202. The quantitative estimate of drug-likeness (QED) is 0.279. The molecule has 5 N–H and O–H groups in total. The highest BCUT2D eigenvalue weighted by molar-refractivity contribution is 5.93. The normalized spacial score (nSPS) is 10.7. The lowest BCUT2D eigenvalue weighted by atomic mass is 10.2. The number of amides is 2. The molecule has 1 heterocycles. The molecular weight excluding hydrogens is 408 g/mol. The molecule has 0 atom stereocenters. The maximum atomic E-state index is 11.8. The molecule has 0 saturated carbocycles. The van der Waals surface area contributed by atoms with Crippen LogP contribution < -0.4 is 21.1 Å². The number of nitrogens with zero attached hydrogens (tertiary/aromatic N) is 3. The summed E-state index contributed by atoms with van der Waals surface area (Å²) in [5.41, 5.74) is 6.31. The molecule has 0 aliphatic carbocycles. The van der Waals surface area contributed by atoms with Gasteiger partial charge in [0.15, 0.2) is 11.6 Å². The maximum absolute atomic E-state index is 11.8. The minimum absolute atomic E-state index is 0.0255. The van der Waals surface area contributed by atoms with Gasteiger partial charge in [0.25, 0.3) is 0 Å². The molecule has 12 heteroatoms. The van der Waals surface area contributed by atoms with Crippen molar-refractivity contribution in [1.82, 2.24) is 10.3 Å². The molecule has 0 bridgehead atoms. The summed E-state index contributed by atoms with van der Waals surface area (Å²) in [6, 6.07) is 9.36. The predicted octanol–water partition coefficient (Wildman–Crippen LogP) is 3.46. The van der Waals surface area contributed by atoms with Gasteiger partial charge >= 0.3 is 12.2 Å². The first-order chi connectivity index (χ1) is 14.7. The molecule has 2 rings (SSSR count). The average molecular weight is 430 g/mol. The van der Waals surface area contributed by atoms with E-state index in [1.165, 1.54) is 18.2 Å². The summed E-state index contributed by atoms with van der Waals surface area (Å²) in [6.07, 6.45) is -2.18. The number of benzene rings is 1. The molecule has 31 heavy (non-hydrogen) atoms. The molecule has 12 nitrogen and oxygen atoms in total. The topological polar surface area (TPSA) is 178 Å². The zero-order valence-corrected chi connectivity index (χ0v) is 16.9. The average Bonchev–Trinajstić information content (AvgIpc) is 2.71. The fourth-order valence-corrected chi connectivity index (χ4v) is 2.05. The van der Waals surface area contributed by atoms with Crippen LogP contribution in [0.15, 0.2) is 46.6 Å². The van der Waals surface area contributed by atoms with Gasteiger partial charge in [-0.3, -0.25) is 4.79 Å². The van der Waals surface area contributed by atoms with Gasteiger partial charge in [0.05, 0.1) is 6.61 Å². The van der Waals surface area contributed by atoms with Crippen LogP contribution >= 0.6 is 0 Å². The fourth-order valence-electron chi connectivity index (χ4n) is 2.05. The molecule has 0 aliphatic rings. The molecule has 0 saturated heterocycles. The van der Waals surface area contributed by atoms with E-state index in [4.69, 9.17) is 20.3 Å². The van der Waals surface area contributed by atoms with Gasteiger partial charge < -0.3 is 30.9 Å². The van der Waals surface area contributed by atoms with Crippen molar-refractivity contribution in [1.29, 1.82) is 0 Å². The van der Waals surface area contributed by atoms with Crippen LogP contribution in [0.1, 0.15) is 13.8 Å². The fraction of sp³-hybridized carbons (Fsp3) is 0.263. The van der Waals surface area contributed by atoms with E-state index in [9.17, 15) is 14.4 Å². The second-order valence-corrected chi connectivity index (χ2v) is 6.53. The molecule has 2 amide bonds. The maximum Gasteiger partial charge on any atom is 0.513 e. The predicted molar refractivity (Wildman–Crippen MR) is 111 cm³/mol. The van der Waals surface area contributed by atoms with Crippen LogP contribution in [0, 0.1) is 5.92 Å². The van der Waals surface area contributed by atoms with Gasteiger partial charge in [-0.2, -0.15) is 0 Å². The minimum atomic E-state index is -1.32. The van der Waals surface area contributed by atoms with Crippen molar-refractivity contribution >= 4 is 41.2 Å². The summed E-state index contributed by atoms with van der Waals surface area (Å²) in [6.45, 7) is 3.59. The Morgan fingerprint density at radius 1 is 1.13 bits per heavy atom. The first kappa shape index (κ1) is 23.1. The number of nitrogens with two attached hydrogens (primary N) is 1. The first-order valence-electron chi connectivity index (χ1n) is 9.13. The molecule has 1 aromatic carbocycles. The van der Waals surface area contributed by atoms with Crippen molar-refractivity contribution in [3.63, 3.8) is 0 Å². The number of carbonyl (C=O) groups is 3. The van der Waals surface area contributed by atoms with Crippen LogP contribution in [-0.4, -0.2) is 41.4 Å². The number of nitrogen functional groups attached to an aromatic ring is 1. The number of anilines is 2. The van der Waals surface area contributed by atoms with Crippen molar-refractivity contribution in [2.45, 2.75) is 13.8 Å². The Labute approximate surface area is 177 Å². The smallest absolute Gasteiger partial charge is 0.465 e. The number of hydrogen-bond donors (Lipinski definition) is 4. The Morgan fingerprint density at radius 2 is 1.84 bits per heavy atom. The third-order valence-corrected chi connectivity index (χ3v) is 3.43. The number of nitrogens with one attached hydrogen (secondary N) is 2. The standard InChI is InChI=1S/C19H22N6O6/c1-11(2)10-30-19(29)31-14-6-4-3-5-12(14)24-25-13-7-8-15(23-17(13)20)22-16(26)9-21-18(27)28/h3-8,11,21H,9-10H2,1-2H3,(H,27,28)(H3,20,22,23,26). The lowest BCUT2D eigenvalue weighted by molar-refractivity contribution is -0.115. The first-order valence-corrected chi connectivity index (χ1v) is 9.13. The summed E-state index contributed by atoms with van der Waals surface area (Å²) in [5, 5.41) is 20.8. The third-order valence-electron chi connectivity index (χ3n) is 3.43. The molecule has 0 fully saturated rings. The largest absolute Gasteiger partial charge is 0.513 e. The van der Waals surface area contributed by atoms with Gasteiger partial charge in [0, 0.05) is 0 Å². The number of pyridine rings is 1. The van der Waals surface area contributed by atoms with Gasteiger partial charge in [-0.25, -0.2) is 14.6 Å². The Kier molecular flexibility index (Phi) is 8.25. The number of carbonyl (C=O) groups excluding carboxylic acids is 2. The Morgan fingerprint density at radius 3 is 2.52 bits per heavy atom. The second kappa shape index (κ2) is 11.1. The zero-order valence-electron chi connectivity index (χ0n) is 16.9. The number of carboxylic acid groups (broad SMARTS) is 1. The number of azo groups is 1. The van der Waals surface area contributed by atoms with Crippen molar-refractivity contribution < 1.29 is 29.0 Å². The van der Waals surface area contributed by atoms with Crippen LogP contribution in [0.3, 0.4) is 0 Å². The number of aromatic nitrogens is 1. The van der Waals surface area contributed by atoms with Crippen molar-refractivity contribution in [2.24, 2.45) is 16.1 Å². The highest BCUT2D eigenvalue weighted by Crippen LogP contribution is 2.30. The highest BCUT2D eigenvalue weighted by Gasteiger charge is 2.12. The highest BCUT2D eigenvalue weighted by atomic mass is 16.7. The van der Waals surface area contributed by atoms with E-state index >= 15 is 0 Å². The lowest BCUT2D eigenvalue weighted by Gasteiger charge is -2.09. The van der Waals surface area contributed by atoms with Crippen molar-refractivity contribution in [3.05, 3.63) is 36.4 Å². The molecule has 1 aromatic heterocycles. The number of rotatable bonds is 8. The summed E-state index contributed by atoms with van der Waals surface area (Å²) in [4.78, 5) is 37.8. The van der Waals surface area contributed by atoms with Crippen LogP contribution in [0.4, 0.5) is 32.6 Å². The summed E-state index contributed by atoms with van der Waals surface area (Å²) < 4.78 is 10.1. The van der Waals surface area contributed by atoms with E-state index in [1.54, 1.807) is 18.2 Å². The van der Waals surface area contributed by atoms with Gasteiger partial charge in [-0.1, -0.05) is 26.0 Å². The zero-order chi connectivity index (χ0) is 22.8. The summed E-state index contributed by atoms with van der Waals surface area (Å²) in [7, 11) is 0. The Hall–Kier alpha value is -4.22. The number of ether oxygens (including phenoxy) is 2. The molecule has 164 valence electrons. The van der Waals surface area contributed by atoms with E-state index in [-0.39, 0.29) is 41.3 Å². The van der Waals surface area contributed by atoms with Gasteiger partial charge in [-0.15, -0.1) is 10.2 Å². The molecule has 0 spiro atoms. The summed E-state index contributed by atoms with van der Waals surface area (Å²) >= 11 is 0. The molecule has 0 unspecified atom stereocenters. The monoisotopic (exact) mass is 430 g/mol. The van der Waals surface area contributed by atoms with Crippen LogP contribution in [0.5, 0.6) is 5.75 Å². The Balaban J connectivity index is 2.06. The van der Waals surface area contributed by atoms with E-state index < -0.39 is 24.7 Å². The number of hydrogen-bond acceptors (Lipinski definition) is 9. The molecule has 0 aliphatic heterocycles. The van der Waals surface area contributed by atoms with Crippen molar-refractivity contribution in [2.75, 3.05) is 24.2 Å². The number of para-hydroxylation sites is 1. The molecule has 2 aromatic rings. The minimum Gasteiger partial charge on any atom is -0.465 e. The van der Waals surface area contributed by atoms with Crippen molar-refractivity contribution in [3.8, 4) is 5.75 Å². The van der Waals surface area contributed by atoms with E-state index in [1.807, 2.05) is 19.2 Å². The SMILES string of the molecule is CC(C)COC(=O)Oc1ccccc1N=Nc1ccc(NC(=O)CNC(=O)O)nc1N. The van der Waals surface area contributed by atoms with Crippen LogP contribution in [0.2, 0.25) is 0 Å². The lowest BCUT2D eigenvalue weighted by Crippen LogP contribution is -2.31. The molecular formula is C19H22N6O6. The van der Waals surface area contributed by atoms with Gasteiger partial charge in [0.1, 0.15) is 23.7 Å². The van der Waals surface area contributed by atoms with Crippen LogP contribution in [-0.2, 0) is 9.53 Å². The van der Waals surface area contributed by atoms with E-state index in [2.05, 4.69) is 20.5 Å². The second-order valence-electron chi connectivity index (χ2n) is 6.53. The van der Waals surface area contributed by atoms with E-state index in [0.717, 1.165) is 0 Å². The third kappa shape index (κ3) is 7.97. The molecule has 0 radical (unpaired) electrons.